The summed E-state index contributed by atoms with van der Waals surface area (Å²) >= 11 is 0. The Morgan fingerprint density at radius 2 is 1.93 bits per heavy atom. The first-order valence-electron chi connectivity index (χ1n) is 10.6. The Balaban J connectivity index is 1.37. The molecule has 6 nitrogen and oxygen atoms in total. The number of likely N-dealkylation sites (tertiary alicyclic amines) is 2. The van der Waals surface area contributed by atoms with E-state index in [-0.39, 0.29) is 11.5 Å². The fourth-order valence-electron chi connectivity index (χ4n) is 4.40. The lowest BCUT2D eigenvalue weighted by Crippen LogP contribution is -2.44. The minimum atomic E-state index is -0.428. The molecule has 0 unspecified atom stereocenters. The van der Waals surface area contributed by atoms with Crippen molar-refractivity contribution in [2.45, 2.75) is 65.1 Å². The third-order valence-corrected chi connectivity index (χ3v) is 5.94. The second-order valence-corrected chi connectivity index (χ2v) is 10.0. The van der Waals surface area contributed by atoms with E-state index in [1.165, 1.54) is 0 Å². The summed E-state index contributed by atoms with van der Waals surface area (Å²) in [5, 5.41) is 0. The topological polar surface area (TPSA) is 51.2 Å². The lowest BCUT2D eigenvalue weighted by atomic mass is 9.88. The van der Waals surface area contributed by atoms with E-state index in [1.807, 2.05) is 25.7 Å². The minimum absolute atomic E-state index is 0.159. The van der Waals surface area contributed by atoms with E-state index in [0.717, 1.165) is 78.2 Å². The lowest BCUT2D eigenvalue weighted by molar-refractivity contribution is -0.0162. The predicted octanol–water partition coefficient (Wildman–Crippen LogP) is 3.15. The summed E-state index contributed by atoms with van der Waals surface area (Å²) in [6, 6.07) is 0. The molecular weight excluding hydrogens is 344 g/mol. The third-order valence-electron chi connectivity index (χ3n) is 5.94. The van der Waals surface area contributed by atoms with Gasteiger partial charge in [-0.1, -0.05) is 6.92 Å². The molecule has 0 spiro atoms. The van der Waals surface area contributed by atoms with Crippen LogP contribution in [-0.2, 0) is 14.2 Å². The number of rotatable bonds is 5. The van der Waals surface area contributed by atoms with Crippen LogP contribution in [0.1, 0.15) is 53.4 Å². The van der Waals surface area contributed by atoms with E-state index in [1.54, 1.807) is 0 Å². The number of hydrogen-bond acceptors (Lipinski definition) is 5. The molecule has 3 saturated heterocycles. The second-order valence-electron chi connectivity index (χ2n) is 10.0. The zero-order valence-corrected chi connectivity index (χ0v) is 17.7. The highest BCUT2D eigenvalue weighted by molar-refractivity contribution is 5.68. The molecule has 0 aromatic rings. The highest BCUT2D eigenvalue weighted by atomic mass is 16.6. The lowest BCUT2D eigenvalue weighted by Gasteiger charge is -2.37. The van der Waals surface area contributed by atoms with Crippen LogP contribution >= 0.6 is 0 Å². The maximum Gasteiger partial charge on any atom is 0.410 e. The first-order chi connectivity index (χ1) is 12.7. The first-order valence-corrected chi connectivity index (χ1v) is 10.6. The van der Waals surface area contributed by atoms with Gasteiger partial charge in [0.25, 0.3) is 0 Å². The fourth-order valence-corrected chi connectivity index (χ4v) is 4.40. The Kier molecular flexibility index (Phi) is 6.70. The quantitative estimate of drug-likeness (QED) is 0.731. The normalized spacial score (nSPS) is 30.8. The van der Waals surface area contributed by atoms with Gasteiger partial charge in [0.05, 0.1) is 19.3 Å². The molecule has 3 aliphatic rings. The highest BCUT2D eigenvalue weighted by Crippen LogP contribution is 2.33. The van der Waals surface area contributed by atoms with Gasteiger partial charge in [-0.15, -0.1) is 0 Å². The van der Waals surface area contributed by atoms with Gasteiger partial charge in [0.2, 0.25) is 0 Å². The van der Waals surface area contributed by atoms with E-state index in [9.17, 15) is 4.79 Å². The van der Waals surface area contributed by atoms with E-state index in [4.69, 9.17) is 14.2 Å². The molecule has 6 heteroatoms. The Labute approximate surface area is 164 Å². The fraction of sp³-hybridized carbons (Fsp3) is 0.952. The Morgan fingerprint density at radius 1 is 1.19 bits per heavy atom. The molecule has 0 aromatic carbocycles. The summed E-state index contributed by atoms with van der Waals surface area (Å²) < 4.78 is 17.1. The molecule has 0 N–H and O–H groups in total. The third kappa shape index (κ3) is 6.33. The van der Waals surface area contributed by atoms with Crippen LogP contribution in [0.5, 0.6) is 0 Å². The molecule has 3 aliphatic heterocycles. The van der Waals surface area contributed by atoms with Crippen molar-refractivity contribution in [2.75, 3.05) is 52.5 Å². The van der Waals surface area contributed by atoms with Crippen molar-refractivity contribution in [1.29, 1.82) is 0 Å². The number of carbonyl (C=O) groups excluding carboxylic acids is 1. The summed E-state index contributed by atoms with van der Waals surface area (Å²) in [5.74, 6) is 0.597. The summed E-state index contributed by atoms with van der Waals surface area (Å²) in [5.41, 5.74) is -0.269. The molecule has 1 amide bonds. The molecule has 3 fully saturated rings. The zero-order valence-electron chi connectivity index (χ0n) is 17.7. The molecular formula is C21H38N2O4. The van der Waals surface area contributed by atoms with Crippen molar-refractivity contribution in [1.82, 2.24) is 9.80 Å². The van der Waals surface area contributed by atoms with Crippen LogP contribution in [0.25, 0.3) is 0 Å². The smallest absolute Gasteiger partial charge is 0.410 e. The average Bonchev–Trinajstić information content (AvgIpc) is 3.23. The van der Waals surface area contributed by atoms with Crippen molar-refractivity contribution in [2.24, 2.45) is 11.3 Å². The Morgan fingerprint density at radius 3 is 2.56 bits per heavy atom. The number of amides is 1. The van der Waals surface area contributed by atoms with Gasteiger partial charge in [0.15, 0.2) is 0 Å². The molecule has 156 valence electrons. The van der Waals surface area contributed by atoms with Gasteiger partial charge in [-0.05, 0) is 51.9 Å². The van der Waals surface area contributed by atoms with Gasteiger partial charge < -0.3 is 24.0 Å². The van der Waals surface area contributed by atoms with E-state index in [2.05, 4.69) is 11.8 Å². The summed E-state index contributed by atoms with van der Waals surface area (Å²) in [6.07, 6.45) is 4.64. The van der Waals surface area contributed by atoms with Gasteiger partial charge in [0.1, 0.15) is 5.60 Å². The van der Waals surface area contributed by atoms with Gasteiger partial charge >= 0.3 is 6.09 Å². The van der Waals surface area contributed by atoms with Crippen LogP contribution in [-0.4, -0.2) is 80.1 Å². The van der Waals surface area contributed by atoms with Crippen molar-refractivity contribution in [3.63, 3.8) is 0 Å². The zero-order chi connectivity index (χ0) is 19.5. The molecule has 0 bridgehead atoms. The Hall–Kier alpha value is -0.850. The van der Waals surface area contributed by atoms with E-state index >= 15 is 0 Å². The van der Waals surface area contributed by atoms with Crippen LogP contribution in [0.2, 0.25) is 0 Å². The average molecular weight is 383 g/mol. The summed E-state index contributed by atoms with van der Waals surface area (Å²) in [7, 11) is 0. The summed E-state index contributed by atoms with van der Waals surface area (Å²) in [4.78, 5) is 16.8. The maximum atomic E-state index is 12.3. The van der Waals surface area contributed by atoms with Gasteiger partial charge in [-0.3, -0.25) is 0 Å². The first kappa shape index (κ1) is 20.9. The number of ether oxygens (including phenoxy) is 3. The highest BCUT2D eigenvalue weighted by Gasteiger charge is 2.39. The molecule has 0 aliphatic carbocycles. The van der Waals surface area contributed by atoms with Crippen molar-refractivity contribution in [3.8, 4) is 0 Å². The van der Waals surface area contributed by atoms with Gasteiger partial charge in [0, 0.05) is 45.2 Å². The van der Waals surface area contributed by atoms with Crippen LogP contribution in [0, 0.1) is 11.3 Å². The molecule has 3 rings (SSSR count). The molecule has 27 heavy (non-hydrogen) atoms. The van der Waals surface area contributed by atoms with Crippen LogP contribution in [0.4, 0.5) is 4.79 Å². The van der Waals surface area contributed by atoms with Crippen molar-refractivity contribution < 1.29 is 19.0 Å². The standard InChI is InChI=1S/C21H38N2O4/c1-20(2,3)27-19(24)23-11-8-21(4,16-23)15-22-9-5-18(6-10-22)26-14-17-7-12-25-13-17/h17-18H,5-16H2,1-4H3/t17-,21-/m1/s1. The molecule has 3 heterocycles. The minimum Gasteiger partial charge on any atom is -0.444 e. The number of piperidine rings is 1. The molecule has 0 radical (unpaired) electrons. The molecule has 0 aromatic heterocycles. The molecule has 2 atom stereocenters. The Bertz CT molecular complexity index is 493. The van der Waals surface area contributed by atoms with Crippen molar-refractivity contribution in [3.05, 3.63) is 0 Å². The van der Waals surface area contributed by atoms with E-state index < -0.39 is 5.60 Å². The van der Waals surface area contributed by atoms with E-state index in [0.29, 0.717) is 12.0 Å². The number of nitrogens with zero attached hydrogens (tertiary/aromatic N) is 2. The monoisotopic (exact) mass is 382 g/mol. The largest absolute Gasteiger partial charge is 0.444 e. The number of hydrogen-bond donors (Lipinski definition) is 0. The van der Waals surface area contributed by atoms with Crippen LogP contribution < -0.4 is 0 Å². The number of carbonyl (C=O) groups is 1. The second kappa shape index (κ2) is 8.66. The van der Waals surface area contributed by atoms with Gasteiger partial charge in [-0.2, -0.15) is 0 Å². The maximum absolute atomic E-state index is 12.3. The van der Waals surface area contributed by atoms with Gasteiger partial charge in [-0.25, -0.2) is 4.79 Å². The van der Waals surface area contributed by atoms with Crippen LogP contribution in [0.15, 0.2) is 0 Å². The van der Waals surface area contributed by atoms with Crippen molar-refractivity contribution >= 4 is 6.09 Å². The summed E-state index contributed by atoms with van der Waals surface area (Å²) in [6.45, 7) is 15.5. The molecule has 0 saturated carbocycles. The van der Waals surface area contributed by atoms with Crippen LogP contribution in [0.3, 0.4) is 0 Å². The SMILES string of the molecule is CC(C)(C)OC(=O)N1CC[C@](C)(CN2CCC(OC[C@@H]3CCOC3)CC2)C1. The predicted molar refractivity (Wildman–Crippen MR) is 105 cm³/mol.